The Bertz CT molecular complexity index is 815. The topological polar surface area (TPSA) is 66.5 Å². The van der Waals surface area contributed by atoms with E-state index in [-0.39, 0.29) is 23.5 Å². The standard InChI is InChI=1S/C22H24N2O3/c1-16(25)18-9-11-20(12-10-18)23-22(27)24-13-5-8-19(15-24)21(26)14-17-6-3-2-4-7-17/h2-4,6-7,9-12,19H,5,8,13-15H2,1H3,(H,23,27). The molecular formula is C22H24N2O3. The first-order chi connectivity index (χ1) is 13.0. The summed E-state index contributed by atoms with van der Waals surface area (Å²) in [5, 5.41) is 2.85. The van der Waals surface area contributed by atoms with E-state index in [4.69, 9.17) is 0 Å². The van der Waals surface area contributed by atoms with Crippen molar-refractivity contribution in [3.63, 3.8) is 0 Å². The molecule has 1 N–H and O–H groups in total. The van der Waals surface area contributed by atoms with Crippen LogP contribution in [0.2, 0.25) is 0 Å². The van der Waals surface area contributed by atoms with Crippen LogP contribution in [0.4, 0.5) is 10.5 Å². The van der Waals surface area contributed by atoms with Crippen LogP contribution in [0.3, 0.4) is 0 Å². The first kappa shape index (κ1) is 18.8. The van der Waals surface area contributed by atoms with Crippen LogP contribution >= 0.6 is 0 Å². The Kier molecular flexibility index (Phi) is 6.01. The Morgan fingerprint density at radius 2 is 1.74 bits per heavy atom. The van der Waals surface area contributed by atoms with E-state index in [2.05, 4.69) is 5.32 Å². The fourth-order valence-electron chi connectivity index (χ4n) is 3.36. The number of nitrogens with one attached hydrogen (secondary N) is 1. The molecule has 0 bridgehead atoms. The molecule has 1 fully saturated rings. The van der Waals surface area contributed by atoms with Crippen molar-refractivity contribution in [2.75, 3.05) is 18.4 Å². The number of hydrogen-bond acceptors (Lipinski definition) is 3. The van der Waals surface area contributed by atoms with Gasteiger partial charge in [0.15, 0.2) is 5.78 Å². The third kappa shape index (κ3) is 5.03. The molecule has 0 spiro atoms. The van der Waals surface area contributed by atoms with Gasteiger partial charge in [-0.2, -0.15) is 0 Å². The number of carbonyl (C=O) groups is 3. The van der Waals surface area contributed by atoms with Crippen molar-refractivity contribution in [1.82, 2.24) is 4.90 Å². The molecule has 0 radical (unpaired) electrons. The number of carbonyl (C=O) groups excluding carboxylic acids is 3. The van der Waals surface area contributed by atoms with Crippen LogP contribution in [0.15, 0.2) is 54.6 Å². The number of Topliss-reactive ketones (excluding diaryl/α,β-unsaturated/α-hetero) is 2. The SMILES string of the molecule is CC(=O)c1ccc(NC(=O)N2CCCC(C(=O)Cc3ccccc3)C2)cc1. The maximum Gasteiger partial charge on any atom is 0.321 e. The van der Waals surface area contributed by atoms with Crippen LogP contribution in [0.1, 0.15) is 35.7 Å². The van der Waals surface area contributed by atoms with Gasteiger partial charge in [0.25, 0.3) is 0 Å². The lowest BCUT2D eigenvalue weighted by molar-refractivity contribution is -0.123. The number of ketones is 2. The molecule has 3 rings (SSSR count). The number of rotatable bonds is 5. The predicted molar refractivity (Wildman–Crippen MR) is 105 cm³/mol. The molecule has 1 heterocycles. The summed E-state index contributed by atoms with van der Waals surface area (Å²) in [4.78, 5) is 38.2. The van der Waals surface area contributed by atoms with Gasteiger partial charge in [0, 0.05) is 36.7 Å². The third-order valence-electron chi connectivity index (χ3n) is 4.93. The summed E-state index contributed by atoms with van der Waals surface area (Å²) >= 11 is 0. The number of amides is 2. The Balaban J connectivity index is 1.57. The molecular weight excluding hydrogens is 340 g/mol. The zero-order valence-corrected chi connectivity index (χ0v) is 15.5. The minimum Gasteiger partial charge on any atom is -0.324 e. The molecule has 1 aliphatic heterocycles. The quantitative estimate of drug-likeness (QED) is 0.817. The highest BCUT2D eigenvalue weighted by Crippen LogP contribution is 2.20. The number of likely N-dealkylation sites (tertiary alicyclic amines) is 1. The molecule has 5 nitrogen and oxygen atoms in total. The Hall–Kier alpha value is -2.95. The average Bonchev–Trinajstić information content (AvgIpc) is 2.69. The summed E-state index contributed by atoms with van der Waals surface area (Å²) in [7, 11) is 0. The zero-order chi connectivity index (χ0) is 19.2. The van der Waals surface area contributed by atoms with Crippen LogP contribution in [0.25, 0.3) is 0 Å². The summed E-state index contributed by atoms with van der Waals surface area (Å²) in [5.41, 5.74) is 2.26. The molecule has 2 aromatic carbocycles. The van der Waals surface area contributed by atoms with E-state index in [1.54, 1.807) is 29.2 Å². The molecule has 1 atom stereocenters. The van der Waals surface area contributed by atoms with E-state index in [0.29, 0.717) is 30.8 Å². The van der Waals surface area contributed by atoms with Crippen molar-refractivity contribution < 1.29 is 14.4 Å². The van der Waals surface area contributed by atoms with Gasteiger partial charge in [-0.15, -0.1) is 0 Å². The lowest BCUT2D eigenvalue weighted by Gasteiger charge is -2.32. The molecule has 0 aliphatic carbocycles. The molecule has 0 aromatic heterocycles. The second-order valence-corrected chi connectivity index (χ2v) is 6.98. The van der Waals surface area contributed by atoms with Gasteiger partial charge in [-0.05, 0) is 49.6 Å². The number of piperidine rings is 1. The van der Waals surface area contributed by atoms with Gasteiger partial charge in [0.2, 0.25) is 0 Å². The first-order valence-electron chi connectivity index (χ1n) is 9.26. The van der Waals surface area contributed by atoms with Crippen molar-refractivity contribution in [2.24, 2.45) is 5.92 Å². The normalized spacial score (nSPS) is 16.6. The number of anilines is 1. The van der Waals surface area contributed by atoms with Crippen molar-refractivity contribution in [1.29, 1.82) is 0 Å². The van der Waals surface area contributed by atoms with Crippen molar-refractivity contribution >= 4 is 23.3 Å². The Morgan fingerprint density at radius 3 is 2.41 bits per heavy atom. The highest BCUT2D eigenvalue weighted by Gasteiger charge is 2.28. The highest BCUT2D eigenvalue weighted by atomic mass is 16.2. The van der Waals surface area contributed by atoms with Crippen LogP contribution in [-0.2, 0) is 11.2 Å². The van der Waals surface area contributed by atoms with Gasteiger partial charge < -0.3 is 10.2 Å². The molecule has 1 unspecified atom stereocenters. The Morgan fingerprint density at radius 1 is 1.04 bits per heavy atom. The first-order valence-corrected chi connectivity index (χ1v) is 9.26. The fourth-order valence-corrected chi connectivity index (χ4v) is 3.36. The van der Waals surface area contributed by atoms with E-state index in [9.17, 15) is 14.4 Å². The number of benzene rings is 2. The molecule has 27 heavy (non-hydrogen) atoms. The van der Waals surface area contributed by atoms with Crippen LogP contribution in [0, 0.1) is 5.92 Å². The lowest BCUT2D eigenvalue weighted by Crippen LogP contribution is -2.44. The van der Waals surface area contributed by atoms with Gasteiger partial charge in [-0.25, -0.2) is 4.79 Å². The maximum absolute atomic E-state index is 12.6. The van der Waals surface area contributed by atoms with E-state index < -0.39 is 0 Å². The second kappa shape index (κ2) is 8.62. The number of nitrogens with zero attached hydrogens (tertiary/aromatic N) is 1. The largest absolute Gasteiger partial charge is 0.324 e. The molecule has 1 saturated heterocycles. The predicted octanol–water partition coefficient (Wildman–Crippen LogP) is 3.94. The van der Waals surface area contributed by atoms with E-state index in [1.807, 2.05) is 30.3 Å². The van der Waals surface area contributed by atoms with Crippen LogP contribution < -0.4 is 5.32 Å². The van der Waals surface area contributed by atoms with Crippen LogP contribution in [-0.4, -0.2) is 35.6 Å². The van der Waals surface area contributed by atoms with Crippen molar-refractivity contribution in [3.05, 3.63) is 65.7 Å². The van der Waals surface area contributed by atoms with Crippen molar-refractivity contribution in [3.8, 4) is 0 Å². The lowest BCUT2D eigenvalue weighted by atomic mass is 9.90. The monoisotopic (exact) mass is 364 g/mol. The molecule has 1 aliphatic rings. The second-order valence-electron chi connectivity index (χ2n) is 6.98. The minimum absolute atomic E-state index is 0.0105. The summed E-state index contributed by atoms with van der Waals surface area (Å²) < 4.78 is 0. The third-order valence-corrected chi connectivity index (χ3v) is 4.93. The van der Waals surface area contributed by atoms with Gasteiger partial charge in [-0.3, -0.25) is 9.59 Å². The average molecular weight is 364 g/mol. The molecule has 5 heteroatoms. The van der Waals surface area contributed by atoms with E-state index in [1.165, 1.54) is 6.92 Å². The zero-order valence-electron chi connectivity index (χ0n) is 15.5. The summed E-state index contributed by atoms with van der Waals surface area (Å²) in [6.07, 6.45) is 2.05. The van der Waals surface area contributed by atoms with Gasteiger partial charge in [-0.1, -0.05) is 30.3 Å². The fraction of sp³-hybridized carbons (Fsp3) is 0.318. The minimum atomic E-state index is -0.206. The van der Waals surface area contributed by atoms with Crippen molar-refractivity contribution in [2.45, 2.75) is 26.2 Å². The van der Waals surface area contributed by atoms with Gasteiger partial charge >= 0.3 is 6.03 Å². The number of urea groups is 1. The summed E-state index contributed by atoms with van der Waals surface area (Å²) in [6.45, 7) is 2.60. The maximum atomic E-state index is 12.6. The smallest absolute Gasteiger partial charge is 0.321 e. The summed E-state index contributed by atoms with van der Waals surface area (Å²) in [6, 6.07) is 16.3. The van der Waals surface area contributed by atoms with E-state index >= 15 is 0 Å². The van der Waals surface area contributed by atoms with Crippen LogP contribution in [0.5, 0.6) is 0 Å². The molecule has 140 valence electrons. The highest BCUT2D eigenvalue weighted by molar-refractivity contribution is 5.95. The van der Waals surface area contributed by atoms with Gasteiger partial charge in [0.05, 0.1) is 0 Å². The molecule has 2 aromatic rings. The Labute approximate surface area is 159 Å². The van der Waals surface area contributed by atoms with E-state index in [0.717, 1.165) is 18.4 Å². The molecule has 2 amide bonds. The number of hydrogen-bond donors (Lipinski definition) is 1. The molecule has 0 saturated carbocycles. The van der Waals surface area contributed by atoms with Gasteiger partial charge in [0.1, 0.15) is 5.78 Å². The summed E-state index contributed by atoms with van der Waals surface area (Å²) in [5.74, 6) is 0.0537.